The molecule has 6 heteroatoms. The van der Waals surface area contributed by atoms with Crippen LogP contribution in [0, 0.1) is 0 Å². The number of benzene rings is 1. The van der Waals surface area contributed by atoms with E-state index in [2.05, 4.69) is 5.32 Å². The van der Waals surface area contributed by atoms with Crippen LogP contribution in [0.1, 0.15) is 5.56 Å². The molecule has 3 nitrogen and oxygen atoms in total. The fourth-order valence-corrected chi connectivity index (χ4v) is 2.02. The van der Waals surface area contributed by atoms with Gasteiger partial charge in [0.25, 0.3) is 0 Å². The number of hydrogen-bond acceptors (Lipinski definition) is 2. The minimum absolute atomic E-state index is 0. The SMILES string of the molecule is CN(C(=O)Cc1ccc(Cl)c(Cl)c1)C1CNC1.Cl. The molecule has 1 aliphatic rings. The minimum atomic E-state index is 0. The monoisotopic (exact) mass is 308 g/mol. The zero-order valence-electron chi connectivity index (χ0n) is 9.95. The van der Waals surface area contributed by atoms with Crippen LogP contribution in [0.25, 0.3) is 0 Å². The van der Waals surface area contributed by atoms with Crippen LogP contribution >= 0.6 is 35.6 Å². The van der Waals surface area contributed by atoms with Crippen LogP contribution in [0.3, 0.4) is 0 Å². The van der Waals surface area contributed by atoms with Crippen LogP contribution in [0.4, 0.5) is 0 Å². The first-order valence-corrected chi connectivity index (χ1v) is 6.24. The zero-order chi connectivity index (χ0) is 12.4. The van der Waals surface area contributed by atoms with E-state index in [1.165, 1.54) is 0 Å². The summed E-state index contributed by atoms with van der Waals surface area (Å²) in [6, 6.07) is 5.62. The first-order chi connectivity index (χ1) is 8.08. The van der Waals surface area contributed by atoms with Gasteiger partial charge in [0.05, 0.1) is 22.5 Å². The number of amides is 1. The molecule has 1 heterocycles. The third-order valence-corrected chi connectivity index (χ3v) is 3.78. The summed E-state index contributed by atoms with van der Waals surface area (Å²) in [4.78, 5) is 13.8. The van der Waals surface area contributed by atoms with Crippen molar-refractivity contribution >= 4 is 41.5 Å². The van der Waals surface area contributed by atoms with E-state index < -0.39 is 0 Å². The molecule has 1 amide bonds. The molecule has 0 unspecified atom stereocenters. The Bertz CT molecular complexity index is 435. The van der Waals surface area contributed by atoms with Gasteiger partial charge in [0.15, 0.2) is 0 Å². The maximum atomic E-state index is 12.0. The van der Waals surface area contributed by atoms with Crippen molar-refractivity contribution < 1.29 is 4.79 Å². The molecule has 2 rings (SSSR count). The fourth-order valence-electron chi connectivity index (χ4n) is 1.70. The fraction of sp³-hybridized carbons (Fsp3) is 0.417. The molecular weight excluding hydrogens is 295 g/mol. The maximum absolute atomic E-state index is 12.0. The first-order valence-electron chi connectivity index (χ1n) is 5.48. The van der Waals surface area contributed by atoms with Gasteiger partial charge in [0.2, 0.25) is 5.91 Å². The molecule has 0 aromatic heterocycles. The van der Waals surface area contributed by atoms with E-state index in [9.17, 15) is 4.79 Å². The number of nitrogens with one attached hydrogen (secondary N) is 1. The summed E-state index contributed by atoms with van der Waals surface area (Å²) in [7, 11) is 1.84. The van der Waals surface area contributed by atoms with E-state index >= 15 is 0 Å². The van der Waals surface area contributed by atoms with Crippen LogP contribution in [-0.2, 0) is 11.2 Å². The number of carbonyl (C=O) groups is 1. The molecule has 1 saturated heterocycles. The number of rotatable bonds is 3. The predicted octanol–water partition coefficient (Wildman–Crippen LogP) is 2.39. The zero-order valence-corrected chi connectivity index (χ0v) is 12.3. The normalized spacial score (nSPS) is 14.6. The molecule has 1 aromatic carbocycles. The number of carbonyl (C=O) groups excluding carboxylic acids is 1. The molecule has 0 bridgehead atoms. The molecular formula is C12H15Cl3N2O. The summed E-state index contributed by atoms with van der Waals surface area (Å²) >= 11 is 11.7. The molecule has 0 atom stereocenters. The van der Waals surface area contributed by atoms with Gasteiger partial charge < -0.3 is 10.2 Å². The number of halogens is 3. The highest BCUT2D eigenvalue weighted by atomic mass is 35.5. The van der Waals surface area contributed by atoms with Gasteiger partial charge in [0.1, 0.15) is 0 Å². The summed E-state index contributed by atoms with van der Waals surface area (Å²) in [6.07, 6.45) is 0.365. The Morgan fingerprint density at radius 2 is 2.06 bits per heavy atom. The average Bonchev–Trinajstić information content (AvgIpc) is 2.21. The van der Waals surface area contributed by atoms with Crippen molar-refractivity contribution in [2.75, 3.05) is 20.1 Å². The second kappa shape index (κ2) is 6.62. The number of nitrogens with zero attached hydrogens (tertiary/aromatic N) is 1. The van der Waals surface area contributed by atoms with Crippen molar-refractivity contribution in [3.8, 4) is 0 Å². The van der Waals surface area contributed by atoms with Crippen LogP contribution < -0.4 is 5.32 Å². The third-order valence-electron chi connectivity index (χ3n) is 3.04. The van der Waals surface area contributed by atoms with Gasteiger partial charge in [-0.05, 0) is 17.7 Å². The lowest BCUT2D eigenvalue weighted by Crippen LogP contribution is -2.57. The Kier molecular flexibility index (Phi) is 5.73. The summed E-state index contributed by atoms with van der Waals surface area (Å²) in [5, 5.41) is 4.15. The lowest BCUT2D eigenvalue weighted by atomic mass is 10.1. The summed E-state index contributed by atoms with van der Waals surface area (Å²) in [5.74, 6) is 0.106. The molecule has 1 aromatic rings. The molecule has 1 aliphatic heterocycles. The summed E-state index contributed by atoms with van der Waals surface area (Å²) in [5.41, 5.74) is 0.892. The molecule has 18 heavy (non-hydrogen) atoms. The van der Waals surface area contributed by atoms with Crippen molar-refractivity contribution in [1.29, 1.82) is 0 Å². The standard InChI is InChI=1S/C12H14Cl2N2O.ClH/c1-16(9-6-15-7-9)12(17)5-8-2-3-10(13)11(14)4-8;/h2-4,9,15H,5-7H2,1H3;1H. The molecule has 0 radical (unpaired) electrons. The maximum Gasteiger partial charge on any atom is 0.227 e. The van der Waals surface area contributed by atoms with Gasteiger partial charge in [0, 0.05) is 20.1 Å². The summed E-state index contributed by atoms with van der Waals surface area (Å²) < 4.78 is 0. The van der Waals surface area contributed by atoms with Crippen molar-refractivity contribution in [2.24, 2.45) is 0 Å². The van der Waals surface area contributed by atoms with Crippen LogP contribution in [-0.4, -0.2) is 37.0 Å². The predicted molar refractivity (Wildman–Crippen MR) is 76.8 cm³/mol. The largest absolute Gasteiger partial charge is 0.340 e. The molecule has 0 saturated carbocycles. The topological polar surface area (TPSA) is 32.3 Å². The Labute approximate surface area is 123 Å². The van der Waals surface area contributed by atoms with Gasteiger partial charge in [-0.25, -0.2) is 0 Å². The van der Waals surface area contributed by atoms with Crippen molar-refractivity contribution in [1.82, 2.24) is 10.2 Å². The second-order valence-corrected chi connectivity index (χ2v) is 5.06. The van der Waals surface area contributed by atoms with Gasteiger partial charge in [-0.2, -0.15) is 0 Å². The number of hydrogen-bond donors (Lipinski definition) is 1. The number of likely N-dealkylation sites (N-methyl/N-ethyl adjacent to an activating group) is 1. The third kappa shape index (κ3) is 3.51. The molecule has 1 fully saturated rings. The first kappa shape index (κ1) is 15.6. The van der Waals surface area contributed by atoms with E-state index in [4.69, 9.17) is 23.2 Å². The highest BCUT2D eigenvalue weighted by Gasteiger charge is 2.25. The van der Waals surface area contributed by atoms with E-state index in [0.717, 1.165) is 18.7 Å². The van der Waals surface area contributed by atoms with E-state index in [-0.39, 0.29) is 18.3 Å². The Morgan fingerprint density at radius 3 is 2.56 bits per heavy atom. The van der Waals surface area contributed by atoms with Gasteiger partial charge in [-0.1, -0.05) is 29.3 Å². The summed E-state index contributed by atoms with van der Waals surface area (Å²) in [6.45, 7) is 1.76. The Morgan fingerprint density at radius 1 is 1.39 bits per heavy atom. The van der Waals surface area contributed by atoms with E-state index in [1.807, 2.05) is 13.1 Å². The van der Waals surface area contributed by atoms with Gasteiger partial charge in [-0.15, -0.1) is 12.4 Å². The van der Waals surface area contributed by atoms with Gasteiger partial charge in [-0.3, -0.25) is 4.79 Å². The van der Waals surface area contributed by atoms with Crippen molar-refractivity contribution in [3.63, 3.8) is 0 Å². The highest BCUT2D eigenvalue weighted by molar-refractivity contribution is 6.42. The van der Waals surface area contributed by atoms with Crippen LogP contribution in [0.2, 0.25) is 10.0 Å². The highest BCUT2D eigenvalue weighted by Crippen LogP contribution is 2.23. The molecule has 0 spiro atoms. The molecule has 1 N–H and O–H groups in total. The Hall–Kier alpha value is -0.480. The van der Waals surface area contributed by atoms with Crippen molar-refractivity contribution in [3.05, 3.63) is 33.8 Å². The van der Waals surface area contributed by atoms with E-state index in [1.54, 1.807) is 17.0 Å². The second-order valence-electron chi connectivity index (χ2n) is 4.24. The van der Waals surface area contributed by atoms with Gasteiger partial charge >= 0.3 is 0 Å². The minimum Gasteiger partial charge on any atom is -0.340 e. The van der Waals surface area contributed by atoms with Crippen molar-refractivity contribution in [2.45, 2.75) is 12.5 Å². The molecule has 0 aliphatic carbocycles. The Balaban J connectivity index is 0.00000162. The van der Waals surface area contributed by atoms with E-state index in [0.29, 0.717) is 22.5 Å². The average molecular weight is 310 g/mol. The smallest absolute Gasteiger partial charge is 0.227 e. The lowest BCUT2D eigenvalue weighted by Gasteiger charge is -2.35. The van der Waals surface area contributed by atoms with Crippen LogP contribution in [0.5, 0.6) is 0 Å². The molecule has 100 valence electrons. The quantitative estimate of drug-likeness (QED) is 0.930. The lowest BCUT2D eigenvalue weighted by molar-refractivity contribution is -0.132. The van der Waals surface area contributed by atoms with Crippen LogP contribution in [0.15, 0.2) is 18.2 Å².